The van der Waals surface area contributed by atoms with Crippen LogP contribution in [0.3, 0.4) is 0 Å². The molecule has 1 aromatic carbocycles. The average molecular weight is 254 g/mol. The third-order valence-corrected chi connectivity index (χ3v) is 2.61. The van der Waals surface area contributed by atoms with E-state index < -0.39 is 12.3 Å². The van der Waals surface area contributed by atoms with Crippen molar-refractivity contribution in [1.29, 1.82) is 0 Å². The van der Waals surface area contributed by atoms with Crippen molar-refractivity contribution in [2.24, 2.45) is 0 Å². The second-order valence-electron chi connectivity index (χ2n) is 3.73. The zero-order valence-corrected chi connectivity index (χ0v) is 10.7. The molecule has 6 heteroatoms. The van der Waals surface area contributed by atoms with Gasteiger partial charge in [0.15, 0.2) is 6.29 Å². The Hall–Kier alpha value is -1.79. The van der Waals surface area contributed by atoms with E-state index in [0.717, 1.165) is 0 Å². The molecule has 0 radical (unpaired) electrons. The molecule has 0 bridgehead atoms. The fraction of sp³-hybridized carbons (Fsp3) is 0.417. The van der Waals surface area contributed by atoms with Gasteiger partial charge in [-0.15, -0.1) is 0 Å². The molecule has 0 saturated heterocycles. The summed E-state index contributed by atoms with van der Waals surface area (Å²) in [5, 5.41) is 0. The maximum Gasteiger partial charge on any atom is 0.338 e. The Balaban J connectivity index is 3.19. The molecule has 0 heterocycles. The minimum absolute atomic E-state index is 0.328. The number of nitrogens with two attached hydrogens (primary N) is 2. The molecule has 0 aliphatic carbocycles. The lowest BCUT2D eigenvalue weighted by molar-refractivity contribution is -0.100. The number of hydrogen-bond donors (Lipinski definition) is 2. The van der Waals surface area contributed by atoms with Crippen molar-refractivity contribution < 1.29 is 19.0 Å². The molecule has 0 amide bonds. The first-order chi connectivity index (χ1) is 8.53. The molecule has 100 valence electrons. The van der Waals surface area contributed by atoms with E-state index in [0.29, 0.717) is 28.9 Å². The SMILES string of the molecule is COC(=O)c1cc(N)cc(N)c1CC(OC)OC. The van der Waals surface area contributed by atoms with Crippen molar-refractivity contribution in [3.63, 3.8) is 0 Å². The summed E-state index contributed by atoms with van der Waals surface area (Å²) in [6.07, 6.45) is -0.150. The highest BCUT2D eigenvalue weighted by atomic mass is 16.7. The van der Waals surface area contributed by atoms with E-state index in [2.05, 4.69) is 0 Å². The summed E-state index contributed by atoms with van der Waals surface area (Å²) in [5.41, 5.74) is 13.3. The smallest absolute Gasteiger partial charge is 0.338 e. The summed E-state index contributed by atoms with van der Waals surface area (Å²) < 4.78 is 14.9. The van der Waals surface area contributed by atoms with Gasteiger partial charge in [0.1, 0.15) is 0 Å². The van der Waals surface area contributed by atoms with Crippen LogP contribution in [-0.4, -0.2) is 33.6 Å². The molecule has 6 nitrogen and oxygen atoms in total. The summed E-state index contributed by atoms with van der Waals surface area (Å²) in [4.78, 5) is 11.7. The van der Waals surface area contributed by atoms with Crippen LogP contribution in [-0.2, 0) is 20.6 Å². The number of anilines is 2. The topological polar surface area (TPSA) is 96.8 Å². The molecule has 0 fully saturated rings. The standard InChI is InChI=1S/C12H18N2O4/c1-16-11(17-2)6-8-9(12(15)18-3)4-7(13)5-10(8)14/h4-5,11H,6,13-14H2,1-3H3. The van der Waals surface area contributed by atoms with E-state index in [1.807, 2.05) is 0 Å². The lowest BCUT2D eigenvalue weighted by Crippen LogP contribution is -2.20. The summed E-state index contributed by atoms with van der Waals surface area (Å²) in [7, 11) is 4.33. The van der Waals surface area contributed by atoms with Crippen LogP contribution in [0.15, 0.2) is 12.1 Å². The number of hydrogen-bond acceptors (Lipinski definition) is 6. The van der Waals surface area contributed by atoms with E-state index >= 15 is 0 Å². The number of esters is 1. The van der Waals surface area contributed by atoms with Crippen LogP contribution in [0.1, 0.15) is 15.9 Å². The predicted octanol–water partition coefficient (Wildman–Crippen LogP) is 0.799. The van der Waals surface area contributed by atoms with Crippen molar-refractivity contribution in [3.05, 3.63) is 23.3 Å². The molecule has 18 heavy (non-hydrogen) atoms. The van der Waals surface area contributed by atoms with Crippen molar-refractivity contribution in [3.8, 4) is 0 Å². The van der Waals surface area contributed by atoms with Crippen LogP contribution in [0.2, 0.25) is 0 Å². The van der Waals surface area contributed by atoms with Gasteiger partial charge in [0.25, 0.3) is 0 Å². The van der Waals surface area contributed by atoms with E-state index in [1.54, 1.807) is 6.07 Å². The predicted molar refractivity (Wildman–Crippen MR) is 68.1 cm³/mol. The first-order valence-electron chi connectivity index (χ1n) is 5.35. The van der Waals surface area contributed by atoms with E-state index in [1.165, 1.54) is 27.4 Å². The molecule has 1 aromatic rings. The zero-order chi connectivity index (χ0) is 13.7. The lowest BCUT2D eigenvalue weighted by atomic mass is 10.0. The monoisotopic (exact) mass is 254 g/mol. The Kier molecular flexibility index (Phi) is 4.94. The fourth-order valence-corrected chi connectivity index (χ4v) is 1.67. The van der Waals surface area contributed by atoms with E-state index in [-0.39, 0.29) is 0 Å². The number of carbonyl (C=O) groups excluding carboxylic acids is 1. The quantitative estimate of drug-likeness (QED) is 0.458. The summed E-state index contributed by atoms with van der Waals surface area (Å²) in [6.45, 7) is 0. The first-order valence-corrected chi connectivity index (χ1v) is 5.35. The fourth-order valence-electron chi connectivity index (χ4n) is 1.67. The van der Waals surface area contributed by atoms with Crippen LogP contribution >= 0.6 is 0 Å². The zero-order valence-electron chi connectivity index (χ0n) is 10.7. The molecule has 0 aromatic heterocycles. The Morgan fingerprint density at radius 3 is 2.33 bits per heavy atom. The molecule has 0 aliphatic rings. The third kappa shape index (κ3) is 3.12. The van der Waals surface area contributed by atoms with Gasteiger partial charge in [-0.2, -0.15) is 0 Å². The minimum atomic E-state index is -0.491. The van der Waals surface area contributed by atoms with Gasteiger partial charge in [-0.25, -0.2) is 4.79 Å². The summed E-state index contributed by atoms with van der Waals surface area (Å²) in [6, 6.07) is 3.12. The lowest BCUT2D eigenvalue weighted by Gasteiger charge is -2.17. The number of benzene rings is 1. The highest BCUT2D eigenvalue weighted by Gasteiger charge is 2.19. The second kappa shape index (κ2) is 6.23. The van der Waals surface area contributed by atoms with Crippen LogP contribution in [0.4, 0.5) is 11.4 Å². The van der Waals surface area contributed by atoms with Crippen LogP contribution in [0.5, 0.6) is 0 Å². The Bertz CT molecular complexity index is 430. The Morgan fingerprint density at radius 1 is 1.22 bits per heavy atom. The third-order valence-electron chi connectivity index (χ3n) is 2.61. The van der Waals surface area contributed by atoms with Gasteiger partial charge >= 0.3 is 5.97 Å². The Labute approximate surface area is 106 Å². The molecule has 0 spiro atoms. The number of nitrogen functional groups attached to an aromatic ring is 2. The number of methoxy groups -OCH3 is 3. The van der Waals surface area contributed by atoms with Crippen LogP contribution in [0, 0.1) is 0 Å². The number of ether oxygens (including phenoxy) is 3. The molecular formula is C12H18N2O4. The van der Waals surface area contributed by atoms with Crippen molar-refractivity contribution in [2.45, 2.75) is 12.7 Å². The number of rotatable bonds is 5. The highest BCUT2D eigenvalue weighted by Crippen LogP contribution is 2.24. The summed E-state index contributed by atoms with van der Waals surface area (Å²) in [5.74, 6) is -0.491. The van der Waals surface area contributed by atoms with Gasteiger partial charge in [0.2, 0.25) is 0 Å². The average Bonchev–Trinajstić information content (AvgIpc) is 2.36. The van der Waals surface area contributed by atoms with Gasteiger partial charge in [0, 0.05) is 32.0 Å². The van der Waals surface area contributed by atoms with Gasteiger partial charge in [-0.05, 0) is 17.7 Å². The molecule has 0 unspecified atom stereocenters. The summed E-state index contributed by atoms with van der Waals surface area (Å²) >= 11 is 0. The van der Waals surface area contributed by atoms with Crippen LogP contribution in [0.25, 0.3) is 0 Å². The first kappa shape index (κ1) is 14.3. The van der Waals surface area contributed by atoms with Crippen molar-refractivity contribution in [1.82, 2.24) is 0 Å². The van der Waals surface area contributed by atoms with Gasteiger partial charge in [-0.3, -0.25) is 0 Å². The Morgan fingerprint density at radius 2 is 1.83 bits per heavy atom. The van der Waals surface area contributed by atoms with Crippen molar-refractivity contribution >= 4 is 17.3 Å². The molecular weight excluding hydrogens is 236 g/mol. The van der Waals surface area contributed by atoms with Crippen LogP contribution < -0.4 is 11.5 Å². The van der Waals surface area contributed by atoms with Gasteiger partial charge in [0.05, 0.1) is 12.7 Å². The molecule has 4 N–H and O–H groups in total. The van der Waals surface area contributed by atoms with Gasteiger partial charge < -0.3 is 25.7 Å². The number of carbonyl (C=O) groups is 1. The normalized spacial score (nSPS) is 10.7. The molecule has 0 atom stereocenters. The van der Waals surface area contributed by atoms with E-state index in [9.17, 15) is 4.79 Å². The van der Waals surface area contributed by atoms with E-state index in [4.69, 9.17) is 25.7 Å². The highest BCUT2D eigenvalue weighted by molar-refractivity contribution is 5.94. The maximum absolute atomic E-state index is 11.7. The maximum atomic E-state index is 11.7. The molecule has 0 aliphatic heterocycles. The largest absolute Gasteiger partial charge is 0.465 e. The molecule has 1 rings (SSSR count). The molecule has 0 saturated carbocycles. The van der Waals surface area contributed by atoms with Crippen molar-refractivity contribution in [2.75, 3.05) is 32.8 Å². The second-order valence-corrected chi connectivity index (χ2v) is 3.73. The minimum Gasteiger partial charge on any atom is -0.465 e. The van der Waals surface area contributed by atoms with Gasteiger partial charge in [-0.1, -0.05) is 0 Å².